The zero-order chi connectivity index (χ0) is 13.8. The van der Waals surface area contributed by atoms with Crippen molar-refractivity contribution in [3.8, 4) is 5.75 Å². The summed E-state index contributed by atoms with van der Waals surface area (Å²) in [7, 11) is 0. The minimum absolute atomic E-state index is 0.555. The van der Waals surface area contributed by atoms with Crippen LogP contribution >= 0.6 is 11.3 Å². The van der Waals surface area contributed by atoms with Gasteiger partial charge in [-0.15, -0.1) is 11.3 Å². The van der Waals surface area contributed by atoms with Crippen LogP contribution in [0.1, 0.15) is 0 Å². The lowest BCUT2D eigenvalue weighted by atomic mass is 10.3. The van der Waals surface area contributed by atoms with Crippen molar-refractivity contribution >= 4 is 33.1 Å². The average molecular weight is 286 g/mol. The molecular weight excluding hydrogens is 272 g/mol. The van der Waals surface area contributed by atoms with E-state index in [0.717, 1.165) is 27.5 Å². The summed E-state index contributed by atoms with van der Waals surface area (Å²) < 4.78 is 5.62. The molecule has 0 saturated carbocycles. The van der Waals surface area contributed by atoms with E-state index in [1.807, 2.05) is 35.7 Å². The second-order valence-corrected chi connectivity index (χ2v) is 5.10. The van der Waals surface area contributed by atoms with Gasteiger partial charge in [-0.2, -0.15) is 0 Å². The van der Waals surface area contributed by atoms with Gasteiger partial charge in [0.05, 0.1) is 11.9 Å². The number of hydrogen-bond acceptors (Lipinski definition) is 6. The molecule has 2 aromatic heterocycles. The fraction of sp³-hybridized carbons (Fsp3) is 0.143. The average Bonchev–Trinajstić information content (AvgIpc) is 2.94. The highest BCUT2D eigenvalue weighted by molar-refractivity contribution is 7.16. The first-order chi connectivity index (χ1) is 9.83. The Morgan fingerprint density at radius 3 is 2.85 bits per heavy atom. The molecule has 3 N–H and O–H groups in total. The molecular formula is C14H14N4OS. The highest BCUT2D eigenvalue weighted by Crippen LogP contribution is 2.23. The lowest BCUT2D eigenvalue weighted by Gasteiger charge is -2.08. The van der Waals surface area contributed by atoms with Gasteiger partial charge in [0.1, 0.15) is 29.3 Å². The number of nitrogens with zero attached hydrogens (tertiary/aromatic N) is 2. The Kier molecular flexibility index (Phi) is 3.64. The lowest BCUT2D eigenvalue weighted by molar-refractivity contribution is 0.333. The second kappa shape index (κ2) is 5.75. The van der Waals surface area contributed by atoms with Crippen LogP contribution in [-0.4, -0.2) is 23.1 Å². The van der Waals surface area contributed by atoms with E-state index in [1.165, 1.54) is 0 Å². The standard InChI is InChI=1S/C14H14N4OS/c15-10-1-3-11(4-2-10)19-7-6-16-13-12-5-8-20-14(12)18-9-17-13/h1-5,8-9H,6-7,15H2,(H,16,17,18). The number of benzene rings is 1. The maximum atomic E-state index is 5.62. The van der Waals surface area contributed by atoms with Crippen molar-refractivity contribution in [3.63, 3.8) is 0 Å². The highest BCUT2D eigenvalue weighted by Gasteiger charge is 2.03. The predicted octanol–water partition coefficient (Wildman–Crippen LogP) is 2.76. The summed E-state index contributed by atoms with van der Waals surface area (Å²) in [5.41, 5.74) is 6.35. The predicted molar refractivity (Wildman–Crippen MR) is 82.3 cm³/mol. The number of hydrogen-bond donors (Lipinski definition) is 2. The summed E-state index contributed by atoms with van der Waals surface area (Å²) in [6.45, 7) is 1.23. The van der Waals surface area contributed by atoms with Crippen LogP contribution < -0.4 is 15.8 Å². The van der Waals surface area contributed by atoms with Gasteiger partial charge in [0, 0.05) is 5.69 Å². The SMILES string of the molecule is Nc1ccc(OCCNc2ncnc3sccc23)cc1. The molecule has 1 aromatic carbocycles. The zero-order valence-corrected chi connectivity index (χ0v) is 11.6. The molecule has 0 aliphatic carbocycles. The number of rotatable bonds is 5. The number of aromatic nitrogens is 2. The minimum atomic E-state index is 0.555. The molecule has 0 bridgehead atoms. The molecule has 102 valence electrons. The van der Waals surface area contributed by atoms with Gasteiger partial charge in [-0.05, 0) is 35.7 Å². The summed E-state index contributed by atoms with van der Waals surface area (Å²) in [6.07, 6.45) is 1.57. The number of nitrogen functional groups attached to an aromatic ring is 1. The molecule has 3 aromatic rings. The monoisotopic (exact) mass is 286 g/mol. The molecule has 6 heteroatoms. The maximum Gasteiger partial charge on any atom is 0.138 e. The third-order valence-corrected chi connectivity index (χ3v) is 3.63. The van der Waals surface area contributed by atoms with E-state index in [2.05, 4.69) is 15.3 Å². The summed E-state index contributed by atoms with van der Waals surface area (Å²) in [4.78, 5) is 9.45. The Morgan fingerprint density at radius 2 is 2.00 bits per heavy atom. The maximum absolute atomic E-state index is 5.62. The molecule has 3 rings (SSSR count). The van der Waals surface area contributed by atoms with Crippen LogP contribution in [0, 0.1) is 0 Å². The molecule has 0 saturated heterocycles. The van der Waals surface area contributed by atoms with Gasteiger partial charge in [0.2, 0.25) is 0 Å². The van der Waals surface area contributed by atoms with Gasteiger partial charge in [-0.3, -0.25) is 0 Å². The first kappa shape index (κ1) is 12.7. The Balaban J connectivity index is 1.55. The molecule has 0 fully saturated rings. The molecule has 0 spiro atoms. The lowest BCUT2D eigenvalue weighted by Crippen LogP contribution is -2.12. The molecule has 5 nitrogen and oxygen atoms in total. The normalized spacial score (nSPS) is 10.6. The number of nitrogens with two attached hydrogens (primary N) is 1. The molecule has 0 aliphatic heterocycles. The Labute approximate surface area is 120 Å². The van der Waals surface area contributed by atoms with Gasteiger partial charge >= 0.3 is 0 Å². The van der Waals surface area contributed by atoms with Crippen LogP contribution in [-0.2, 0) is 0 Å². The third kappa shape index (κ3) is 2.80. The quantitative estimate of drug-likeness (QED) is 0.557. The number of fused-ring (bicyclic) bond motifs is 1. The first-order valence-corrected chi connectivity index (χ1v) is 7.11. The number of anilines is 2. The van der Waals surface area contributed by atoms with Gasteiger partial charge < -0.3 is 15.8 Å². The van der Waals surface area contributed by atoms with Crippen LogP contribution in [0.15, 0.2) is 42.0 Å². The Bertz CT molecular complexity index is 696. The largest absolute Gasteiger partial charge is 0.492 e. The van der Waals surface area contributed by atoms with Crippen molar-refractivity contribution in [1.29, 1.82) is 0 Å². The van der Waals surface area contributed by atoms with Crippen LogP contribution in [0.25, 0.3) is 10.2 Å². The number of ether oxygens (including phenoxy) is 1. The van der Waals surface area contributed by atoms with Gasteiger partial charge in [-0.25, -0.2) is 9.97 Å². The van der Waals surface area contributed by atoms with E-state index >= 15 is 0 Å². The van der Waals surface area contributed by atoms with Gasteiger partial charge in [0.25, 0.3) is 0 Å². The van der Waals surface area contributed by atoms with E-state index in [4.69, 9.17) is 10.5 Å². The van der Waals surface area contributed by atoms with Crippen molar-refractivity contribution in [1.82, 2.24) is 9.97 Å². The van der Waals surface area contributed by atoms with Crippen LogP contribution in [0.4, 0.5) is 11.5 Å². The topological polar surface area (TPSA) is 73.1 Å². The third-order valence-electron chi connectivity index (χ3n) is 2.81. The summed E-state index contributed by atoms with van der Waals surface area (Å²) in [5.74, 6) is 1.65. The van der Waals surface area contributed by atoms with E-state index in [1.54, 1.807) is 17.7 Å². The Morgan fingerprint density at radius 1 is 1.15 bits per heavy atom. The minimum Gasteiger partial charge on any atom is -0.492 e. The number of nitrogens with one attached hydrogen (secondary N) is 1. The Hall–Kier alpha value is -2.34. The van der Waals surface area contributed by atoms with E-state index in [9.17, 15) is 0 Å². The molecule has 2 heterocycles. The van der Waals surface area contributed by atoms with E-state index < -0.39 is 0 Å². The van der Waals surface area contributed by atoms with E-state index in [-0.39, 0.29) is 0 Å². The van der Waals surface area contributed by atoms with Crippen molar-refractivity contribution in [2.75, 3.05) is 24.2 Å². The smallest absolute Gasteiger partial charge is 0.138 e. The van der Waals surface area contributed by atoms with Crippen molar-refractivity contribution in [2.45, 2.75) is 0 Å². The van der Waals surface area contributed by atoms with Crippen molar-refractivity contribution in [2.24, 2.45) is 0 Å². The first-order valence-electron chi connectivity index (χ1n) is 6.23. The van der Waals surface area contributed by atoms with Crippen LogP contribution in [0.5, 0.6) is 5.75 Å². The molecule has 0 atom stereocenters. The van der Waals surface area contributed by atoms with Gasteiger partial charge in [-0.1, -0.05) is 0 Å². The number of thiophene rings is 1. The zero-order valence-electron chi connectivity index (χ0n) is 10.7. The molecule has 0 radical (unpaired) electrons. The molecule has 0 aliphatic rings. The summed E-state index contributed by atoms with van der Waals surface area (Å²) in [6, 6.07) is 9.38. The van der Waals surface area contributed by atoms with Crippen molar-refractivity contribution < 1.29 is 4.74 Å². The highest BCUT2D eigenvalue weighted by atomic mass is 32.1. The molecule has 0 unspecified atom stereocenters. The van der Waals surface area contributed by atoms with Crippen LogP contribution in [0.2, 0.25) is 0 Å². The van der Waals surface area contributed by atoms with Gasteiger partial charge in [0.15, 0.2) is 0 Å². The fourth-order valence-corrected chi connectivity index (χ4v) is 2.57. The van der Waals surface area contributed by atoms with Crippen molar-refractivity contribution in [3.05, 3.63) is 42.0 Å². The fourth-order valence-electron chi connectivity index (χ4n) is 1.83. The summed E-state index contributed by atoms with van der Waals surface area (Å²) >= 11 is 1.60. The second-order valence-electron chi connectivity index (χ2n) is 4.21. The van der Waals surface area contributed by atoms with E-state index in [0.29, 0.717) is 13.2 Å². The molecule has 20 heavy (non-hydrogen) atoms. The summed E-state index contributed by atoms with van der Waals surface area (Å²) in [5, 5.41) is 6.32. The molecule has 0 amide bonds. The van der Waals surface area contributed by atoms with Crippen LogP contribution in [0.3, 0.4) is 0 Å².